The van der Waals surface area contributed by atoms with Gasteiger partial charge in [0.1, 0.15) is 0 Å². The molecule has 100 valence electrons. The molecule has 18 heavy (non-hydrogen) atoms. The van der Waals surface area contributed by atoms with Crippen molar-refractivity contribution in [3.63, 3.8) is 0 Å². The van der Waals surface area contributed by atoms with Crippen LogP contribution in [0.4, 0.5) is 0 Å². The fourth-order valence-corrected chi connectivity index (χ4v) is 2.87. The number of benzene rings is 1. The number of hydrogen-bond donors (Lipinski definition) is 2. The van der Waals surface area contributed by atoms with E-state index >= 15 is 0 Å². The first-order chi connectivity index (χ1) is 8.73. The molecule has 1 aliphatic heterocycles. The molecule has 2 nitrogen and oxygen atoms in total. The van der Waals surface area contributed by atoms with E-state index in [0.717, 1.165) is 19.6 Å². The topological polar surface area (TPSA) is 24.1 Å². The molecule has 0 amide bonds. The summed E-state index contributed by atoms with van der Waals surface area (Å²) in [6, 6.07) is 6.90. The monoisotopic (exact) mass is 246 g/mol. The third kappa shape index (κ3) is 2.76. The molecule has 0 fully saturated rings. The summed E-state index contributed by atoms with van der Waals surface area (Å²) in [4.78, 5) is 0. The van der Waals surface area contributed by atoms with Crippen LogP contribution in [0.3, 0.4) is 0 Å². The number of rotatable bonds is 6. The average molecular weight is 246 g/mol. The van der Waals surface area contributed by atoms with Gasteiger partial charge in [-0.1, -0.05) is 39.0 Å². The molecule has 2 heteroatoms. The Labute approximate surface area is 111 Å². The fourth-order valence-electron chi connectivity index (χ4n) is 2.87. The quantitative estimate of drug-likeness (QED) is 0.804. The molecule has 0 unspecified atom stereocenters. The molecule has 1 heterocycles. The van der Waals surface area contributed by atoms with Crippen LogP contribution in [-0.4, -0.2) is 5.54 Å². The molecule has 0 spiro atoms. The Morgan fingerprint density at radius 2 is 1.72 bits per heavy atom. The molecule has 2 N–H and O–H groups in total. The Balaban J connectivity index is 2.01. The van der Waals surface area contributed by atoms with Crippen molar-refractivity contribution in [2.24, 2.45) is 0 Å². The van der Waals surface area contributed by atoms with Crippen LogP contribution in [-0.2, 0) is 19.6 Å². The largest absolute Gasteiger partial charge is 0.309 e. The van der Waals surface area contributed by atoms with Crippen LogP contribution >= 0.6 is 0 Å². The fraction of sp³-hybridized carbons (Fsp3) is 0.625. The molecule has 0 saturated carbocycles. The Hall–Kier alpha value is -0.860. The highest BCUT2D eigenvalue weighted by molar-refractivity contribution is 5.34. The van der Waals surface area contributed by atoms with Crippen LogP contribution in [0.25, 0.3) is 0 Å². The van der Waals surface area contributed by atoms with E-state index in [9.17, 15) is 0 Å². The average Bonchev–Trinajstić information content (AvgIpc) is 2.88. The predicted octanol–water partition coefficient (Wildman–Crippen LogP) is 3.35. The van der Waals surface area contributed by atoms with Crippen molar-refractivity contribution in [1.29, 1.82) is 0 Å². The van der Waals surface area contributed by atoms with Gasteiger partial charge < -0.3 is 10.6 Å². The van der Waals surface area contributed by atoms with Crippen LogP contribution in [0.1, 0.15) is 56.7 Å². The SMILES string of the molecule is CCC(CC)(CC)NCc1ccc2c(c1)CNC2. The van der Waals surface area contributed by atoms with E-state index in [0.29, 0.717) is 5.54 Å². The lowest BCUT2D eigenvalue weighted by molar-refractivity contribution is 0.288. The van der Waals surface area contributed by atoms with Gasteiger partial charge in [-0.25, -0.2) is 0 Å². The van der Waals surface area contributed by atoms with Gasteiger partial charge in [-0.15, -0.1) is 0 Å². The molecule has 0 atom stereocenters. The third-order valence-electron chi connectivity index (χ3n) is 4.60. The van der Waals surface area contributed by atoms with Gasteiger partial charge in [0.15, 0.2) is 0 Å². The van der Waals surface area contributed by atoms with Crippen LogP contribution in [0.15, 0.2) is 18.2 Å². The van der Waals surface area contributed by atoms with Gasteiger partial charge in [-0.2, -0.15) is 0 Å². The van der Waals surface area contributed by atoms with E-state index < -0.39 is 0 Å². The second-order valence-electron chi connectivity index (χ2n) is 5.40. The minimum absolute atomic E-state index is 0.317. The number of fused-ring (bicyclic) bond motifs is 1. The first-order valence-electron chi connectivity index (χ1n) is 7.29. The van der Waals surface area contributed by atoms with Crippen molar-refractivity contribution in [1.82, 2.24) is 10.6 Å². The lowest BCUT2D eigenvalue weighted by Gasteiger charge is -2.32. The summed E-state index contributed by atoms with van der Waals surface area (Å²) in [6.07, 6.45) is 3.60. The summed E-state index contributed by atoms with van der Waals surface area (Å²) in [7, 11) is 0. The first-order valence-corrected chi connectivity index (χ1v) is 7.29. The summed E-state index contributed by atoms with van der Waals surface area (Å²) >= 11 is 0. The van der Waals surface area contributed by atoms with E-state index in [2.05, 4.69) is 49.6 Å². The molecule has 0 aromatic heterocycles. The normalized spacial score (nSPS) is 14.8. The Morgan fingerprint density at radius 1 is 1.06 bits per heavy atom. The van der Waals surface area contributed by atoms with Crippen LogP contribution < -0.4 is 10.6 Å². The lowest BCUT2D eigenvalue weighted by atomic mass is 9.89. The second kappa shape index (κ2) is 5.85. The minimum Gasteiger partial charge on any atom is -0.309 e. The van der Waals surface area contributed by atoms with Gasteiger partial charge in [0.2, 0.25) is 0 Å². The maximum absolute atomic E-state index is 3.77. The maximum atomic E-state index is 3.77. The molecular weight excluding hydrogens is 220 g/mol. The standard InChI is InChI=1S/C16H26N2/c1-4-16(5-2,6-3)18-10-13-7-8-14-11-17-12-15(14)9-13/h7-9,17-18H,4-6,10-12H2,1-3H3. The molecule has 0 aliphatic carbocycles. The first kappa shape index (κ1) is 13.6. The smallest absolute Gasteiger partial charge is 0.0212 e. The summed E-state index contributed by atoms with van der Waals surface area (Å²) in [6.45, 7) is 9.91. The zero-order valence-electron chi connectivity index (χ0n) is 12.0. The van der Waals surface area contributed by atoms with Crippen LogP contribution in [0.2, 0.25) is 0 Å². The van der Waals surface area contributed by atoms with Crippen LogP contribution in [0.5, 0.6) is 0 Å². The van der Waals surface area contributed by atoms with E-state index in [-0.39, 0.29) is 0 Å². The van der Waals surface area contributed by atoms with Crippen LogP contribution in [0, 0.1) is 0 Å². The zero-order valence-corrected chi connectivity index (χ0v) is 12.0. The Kier molecular flexibility index (Phi) is 4.41. The zero-order chi connectivity index (χ0) is 13.0. The third-order valence-corrected chi connectivity index (χ3v) is 4.60. The van der Waals surface area contributed by atoms with Gasteiger partial charge in [0.05, 0.1) is 0 Å². The summed E-state index contributed by atoms with van der Waals surface area (Å²) in [5.74, 6) is 0. The van der Waals surface area contributed by atoms with Crippen molar-refractivity contribution in [3.05, 3.63) is 34.9 Å². The summed E-state index contributed by atoms with van der Waals surface area (Å²) < 4.78 is 0. The molecular formula is C16H26N2. The number of hydrogen-bond acceptors (Lipinski definition) is 2. The Bertz CT molecular complexity index is 386. The molecule has 0 radical (unpaired) electrons. The minimum atomic E-state index is 0.317. The molecule has 1 aliphatic rings. The van der Waals surface area contributed by atoms with Crippen molar-refractivity contribution in [2.75, 3.05) is 0 Å². The summed E-state index contributed by atoms with van der Waals surface area (Å²) in [5, 5.41) is 7.17. The molecule has 2 rings (SSSR count). The molecule has 0 saturated heterocycles. The van der Waals surface area contributed by atoms with Gasteiger partial charge in [0, 0.05) is 25.2 Å². The highest BCUT2D eigenvalue weighted by Gasteiger charge is 2.22. The van der Waals surface area contributed by atoms with E-state index in [1.165, 1.54) is 36.0 Å². The maximum Gasteiger partial charge on any atom is 0.0212 e. The highest BCUT2D eigenvalue weighted by Crippen LogP contribution is 2.21. The number of nitrogens with one attached hydrogen (secondary N) is 2. The molecule has 1 aromatic rings. The second-order valence-corrected chi connectivity index (χ2v) is 5.40. The Morgan fingerprint density at radius 3 is 2.39 bits per heavy atom. The van der Waals surface area contributed by atoms with E-state index in [1.807, 2.05) is 0 Å². The van der Waals surface area contributed by atoms with Crippen molar-refractivity contribution >= 4 is 0 Å². The lowest BCUT2D eigenvalue weighted by Crippen LogP contribution is -2.43. The van der Waals surface area contributed by atoms with Crippen molar-refractivity contribution < 1.29 is 0 Å². The predicted molar refractivity (Wildman–Crippen MR) is 77.4 cm³/mol. The van der Waals surface area contributed by atoms with E-state index in [4.69, 9.17) is 0 Å². The van der Waals surface area contributed by atoms with Gasteiger partial charge in [-0.05, 0) is 36.0 Å². The molecule has 1 aromatic carbocycles. The summed E-state index contributed by atoms with van der Waals surface area (Å²) in [5.41, 5.74) is 4.67. The van der Waals surface area contributed by atoms with Crippen molar-refractivity contribution in [2.45, 2.75) is 65.2 Å². The van der Waals surface area contributed by atoms with Crippen molar-refractivity contribution in [3.8, 4) is 0 Å². The van der Waals surface area contributed by atoms with Gasteiger partial charge in [-0.3, -0.25) is 0 Å². The van der Waals surface area contributed by atoms with Gasteiger partial charge >= 0.3 is 0 Å². The van der Waals surface area contributed by atoms with Gasteiger partial charge in [0.25, 0.3) is 0 Å². The molecule has 0 bridgehead atoms. The highest BCUT2D eigenvalue weighted by atomic mass is 15.0. The van der Waals surface area contributed by atoms with E-state index in [1.54, 1.807) is 0 Å².